The molecule has 0 aliphatic rings. The third-order valence-electron chi connectivity index (χ3n) is 4.12. The lowest BCUT2D eigenvalue weighted by Crippen LogP contribution is -2.17. The standard InChI is InChI=1S/C19H22N4OS/c1-4-6-7-14-8-9-15-17(13-14)25-19(23(15)12-5-2)21-18(24)16-10-11-20-22(16)3/h5,8-11,13H,2,4,6-7,12H2,1,3H3. The van der Waals surface area contributed by atoms with E-state index in [2.05, 4.69) is 41.8 Å². The highest BCUT2D eigenvalue weighted by Gasteiger charge is 2.11. The van der Waals surface area contributed by atoms with Gasteiger partial charge in [-0.25, -0.2) is 0 Å². The van der Waals surface area contributed by atoms with Gasteiger partial charge in [0.1, 0.15) is 5.69 Å². The Hall–Kier alpha value is -2.47. The minimum atomic E-state index is -0.282. The number of carbonyl (C=O) groups excluding carboxylic acids is 1. The van der Waals surface area contributed by atoms with E-state index in [1.54, 1.807) is 35.3 Å². The molecule has 0 N–H and O–H groups in total. The van der Waals surface area contributed by atoms with Gasteiger partial charge in [-0.15, -0.1) is 6.58 Å². The molecule has 2 heterocycles. The van der Waals surface area contributed by atoms with E-state index in [9.17, 15) is 4.79 Å². The van der Waals surface area contributed by atoms with Crippen LogP contribution in [-0.4, -0.2) is 20.3 Å². The molecule has 0 aliphatic carbocycles. The Morgan fingerprint density at radius 3 is 2.92 bits per heavy atom. The fraction of sp³-hybridized carbons (Fsp3) is 0.316. The average Bonchev–Trinajstić information content (AvgIpc) is 3.17. The van der Waals surface area contributed by atoms with Crippen LogP contribution in [0.4, 0.5) is 0 Å². The average molecular weight is 354 g/mol. The highest BCUT2D eigenvalue weighted by Crippen LogP contribution is 2.20. The molecule has 1 amide bonds. The van der Waals surface area contributed by atoms with Crippen LogP contribution < -0.4 is 4.80 Å². The van der Waals surface area contributed by atoms with Crippen LogP contribution in [0.2, 0.25) is 0 Å². The second-order valence-corrected chi connectivity index (χ2v) is 6.96. The number of thiazole rings is 1. The summed E-state index contributed by atoms with van der Waals surface area (Å²) in [5.41, 5.74) is 2.89. The molecule has 2 aromatic heterocycles. The zero-order valence-electron chi connectivity index (χ0n) is 14.6. The van der Waals surface area contributed by atoms with Crippen molar-refractivity contribution in [2.24, 2.45) is 12.0 Å². The molecular formula is C19H22N4OS. The van der Waals surface area contributed by atoms with Crippen LogP contribution in [0.3, 0.4) is 0 Å². The first kappa shape index (κ1) is 17.4. The predicted molar refractivity (Wildman–Crippen MR) is 102 cm³/mol. The number of benzene rings is 1. The quantitative estimate of drug-likeness (QED) is 0.634. The summed E-state index contributed by atoms with van der Waals surface area (Å²) in [5, 5.41) is 4.04. The number of aryl methyl sites for hydroxylation is 2. The van der Waals surface area contributed by atoms with Gasteiger partial charge in [0.05, 0.1) is 10.2 Å². The van der Waals surface area contributed by atoms with E-state index < -0.39 is 0 Å². The van der Waals surface area contributed by atoms with Gasteiger partial charge in [-0.05, 0) is 36.6 Å². The molecule has 0 saturated carbocycles. The number of rotatable bonds is 6. The summed E-state index contributed by atoms with van der Waals surface area (Å²) in [6.07, 6.45) is 6.86. The highest BCUT2D eigenvalue weighted by atomic mass is 32.1. The molecule has 5 nitrogen and oxygen atoms in total. The van der Waals surface area contributed by atoms with E-state index in [4.69, 9.17) is 0 Å². The van der Waals surface area contributed by atoms with Crippen LogP contribution in [-0.2, 0) is 20.0 Å². The second-order valence-electron chi connectivity index (χ2n) is 5.95. The van der Waals surface area contributed by atoms with Crippen LogP contribution in [0.25, 0.3) is 10.2 Å². The van der Waals surface area contributed by atoms with Crippen molar-refractivity contribution in [3.05, 3.63) is 59.2 Å². The number of unbranched alkanes of at least 4 members (excludes halogenated alkanes) is 1. The SMILES string of the molecule is C=CCn1c(=NC(=O)c2ccnn2C)sc2cc(CCCC)ccc21. The van der Waals surface area contributed by atoms with Crippen molar-refractivity contribution in [2.75, 3.05) is 0 Å². The second kappa shape index (κ2) is 7.61. The number of hydrogen-bond donors (Lipinski definition) is 0. The number of allylic oxidation sites excluding steroid dienone is 1. The Morgan fingerprint density at radius 2 is 2.24 bits per heavy atom. The summed E-state index contributed by atoms with van der Waals surface area (Å²) < 4.78 is 4.72. The summed E-state index contributed by atoms with van der Waals surface area (Å²) >= 11 is 1.54. The van der Waals surface area contributed by atoms with Gasteiger partial charge in [0.15, 0.2) is 4.80 Å². The third kappa shape index (κ3) is 3.64. The molecule has 0 spiro atoms. The zero-order valence-corrected chi connectivity index (χ0v) is 15.4. The maximum atomic E-state index is 12.5. The van der Waals surface area contributed by atoms with Gasteiger partial charge in [-0.2, -0.15) is 10.1 Å². The van der Waals surface area contributed by atoms with E-state index in [1.807, 2.05) is 10.6 Å². The molecule has 130 valence electrons. The van der Waals surface area contributed by atoms with Crippen molar-refractivity contribution < 1.29 is 4.79 Å². The topological polar surface area (TPSA) is 52.2 Å². The van der Waals surface area contributed by atoms with Crippen LogP contribution in [0.1, 0.15) is 35.8 Å². The van der Waals surface area contributed by atoms with E-state index in [-0.39, 0.29) is 5.91 Å². The molecule has 1 aromatic carbocycles. The minimum absolute atomic E-state index is 0.282. The number of amides is 1. The maximum Gasteiger partial charge on any atom is 0.297 e. The van der Waals surface area contributed by atoms with Crippen molar-refractivity contribution in [3.8, 4) is 0 Å². The van der Waals surface area contributed by atoms with Gasteiger partial charge in [-0.1, -0.05) is 36.8 Å². The van der Waals surface area contributed by atoms with Gasteiger partial charge in [0, 0.05) is 19.8 Å². The lowest BCUT2D eigenvalue weighted by Gasteiger charge is -2.03. The normalized spacial score (nSPS) is 12.0. The molecule has 25 heavy (non-hydrogen) atoms. The van der Waals surface area contributed by atoms with Crippen molar-refractivity contribution in [2.45, 2.75) is 32.7 Å². The molecule has 0 atom stereocenters. The summed E-state index contributed by atoms with van der Waals surface area (Å²) in [7, 11) is 1.74. The Labute approximate surface area is 150 Å². The first-order chi connectivity index (χ1) is 12.1. The van der Waals surface area contributed by atoms with E-state index in [1.165, 1.54) is 18.4 Å². The highest BCUT2D eigenvalue weighted by molar-refractivity contribution is 7.16. The van der Waals surface area contributed by atoms with Gasteiger partial charge in [0.25, 0.3) is 5.91 Å². The number of hydrogen-bond acceptors (Lipinski definition) is 3. The van der Waals surface area contributed by atoms with Crippen molar-refractivity contribution in [1.29, 1.82) is 0 Å². The molecule has 0 aliphatic heterocycles. The van der Waals surface area contributed by atoms with Gasteiger partial charge >= 0.3 is 0 Å². The molecule has 0 fully saturated rings. The Balaban J connectivity index is 2.08. The lowest BCUT2D eigenvalue weighted by atomic mass is 10.1. The first-order valence-corrected chi connectivity index (χ1v) is 9.26. The summed E-state index contributed by atoms with van der Waals surface area (Å²) in [6.45, 7) is 6.64. The zero-order chi connectivity index (χ0) is 17.8. The van der Waals surface area contributed by atoms with Crippen molar-refractivity contribution in [3.63, 3.8) is 0 Å². The van der Waals surface area contributed by atoms with Crippen molar-refractivity contribution >= 4 is 27.5 Å². The van der Waals surface area contributed by atoms with Gasteiger partial charge in [0.2, 0.25) is 0 Å². The number of nitrogens with zero attached hydrogens (tertiary/aromatic N) is 4. The van der Waals surface area contributed by atoms with Crippen molar-refractivity contribution in [1.82, 2.24) is 14.3 Å². The molecule has 6 heteroatoms. The van der Waals surface area contributed by atoms with Crippen LogP contribution in [0, 0.1) is 0 Å². The molecule has 0 bridgehead atoms. The smallest absolute Gasteiger partial charge is 0.297 e. The summed E-state index contributed by atoms with van der Waals surface area (Å²) in [6, 6.07) is 8.17. The summed E-state index contributed by atoms with van der Waals surface area (Å²) in [5.74, 6) is -0.282. The fourth-order valence-corrected chi connectivity index (χ4v) is 3.87. The minimum Gasteiger partial charge on any atom is -0.312 e. The van der Waals surface area contributed by atoms with Crippen LogP contribution in [0.15, 0.2) is 48.1 Å². The molecule has 3 aromatic rings. The summed E-state index contributed by atoms with van der Waals surface area (Å²) in [4.78, 5) is 17.5. The Kier molecular flexibility index (Phi) is 5.28. The van der Waals surface area contributed by atoms with Gasteiger partial charge < -0.3 is 4.57 Å². The number of carbonyl (C=O) groups is 1. The van der Waals surface area contributed by atoms with Crippen LogP contribution >= 0.6 is 11.3 Å². The lowest BCUT2D eigenvalue weighted by molar-refractivity contribution is 0.0989. The Bertz CT molecular complexity index is 977. The number of aromatic nitrogens is 3. The Morgan fingerprint density at radius 1 is 1.40 bits per heavy atom. The molecule has 3 rings (SSSR count). The van der Waals surface area contributed by atoms with E-state index in [0.29, 0.717) is 17.0 Å². The molecule has 0 saturated heterocycles. The maximum absolute atomic E-state index is 12.5. The largest absolute Gasteiger partial charge is 0.312 e. The first-order valence-electron chi connectivity index (χ1n) is 8.44. The molecule has 0 unspecified atom stereocenters. The predicted octanol–water partition coefficient (Wildman–Crippen LogP) is 3.71. The molecule has 0 radical (unpaired) electrons. The van der Waals surface area contributed by atoms with Crippen LogP contribution in [0.5, 0.6) is 0 Å². The van der Waals surface area contributed by atoms with E-state index in [0.717, 1.165) is 16.6 Å². The molecular weight excluding hydrogens is 332 g/mol. The monoisotopic (exact) mass is 354 g/mol. The van der Waals surface area contributed by atoms with Gasteiger partial charge in [-0.3, -0.25) is 9.48 Å². The third-order valence-corrected chi connectivity index (χ3v) is 5.16. The van der Waals surface area contributed by atoms with E-state index >= 15 is 0 Å². The fourth-order valence-electron chi connectivity index (χ4n) is 2.77. The number of fused-ring (bicyclic) bond motifs is 1.